The van der Waals surface area contributed by atoms with Gasteiger partial charge in [0.05, 0.1) is 17.1 Å². The van der Waals surface area contributed by atoms with Gasteiger partial charge < -0.3 is 0 Å². The van der Waals surface area contributed by atoms with Crippen molar-refractivity contribution >= 4 is 46.1 Å². The van der Waals surface area contributed by atoms with Crippen molar-refractivity contribution in [3.63, 3.8) is 0 Å². The van der Waals surface area contributed by atoms with Crippen LogP contribution in [-0.2, 0) is 0 Å². The van der Waals surface area contributed by atoms with Crippen molar-refractivity contribution in [1.29, 1.82) is 0 Å². The van der Waals surface area contributed by atoms with Gasteiger partial charge in [-0.05, 0) is 67.8 Å². The molecule has 5 heteroatoms. The molecule has 1 aromatic heterocycles. The van der Waals surface area contributed by atoms with Gasteiger partial charge in [-0.15, -0.1) is 0 Å². The molecule has 0 fully saturated rings. The summed E-state index contributed by atoms with van der Waals surface area (Å²) in [5, 5.41) is 4.12. The van der Waals surface area contributed by atoms with E-state index < -0.39 is 0 Å². The van der Waals surface area contributed by atoms with Gasteiger partial charge in [-0.1, -0.05) is 110 Å². The number of allylic oxidation sites excluding steroid dienone is 1. The first-order chi connectivity index (χ1) is 18.3. The monoisotopic (exact) mass is 541 g/mol. The quantitative estimate of drug-likeness (QED) is 0.150. The summed E-state index contributed by atoms with van der Waals surface area (Å²) in [7, 11) is 0. The molecule has 0 aliphatic carbocycles. The Balaban J connectivity index is 0.000000428. The fourth-order valence-electron chi connectivity index (χ4n) is 3.57. The van der Waals surface area contributed by atoms with Gasteiger partial charge in [0.15, 0.2) is 0 Å². The second-order valence-electron chi connectivity index (χ2n) is 8.30. The lowest BCUT2D eigenvalue weighted by atomic mass is 10.00. The number of pyridine rings is 1. The minimum Gasteiger partial charge on any atom is -0.279 e. The van der Waals surface area contributed by atoms with Crippen LogP contribution in [0.15, 0.2) is 104 Å². The number of halogens is 1. The Morgan fingerprint density at radius 3 is 2.05 bits per heavy atom. The maximum atomic E-state index is 6.48. The third-order valence-electron chi connectivity index (χ3n) is 5.60. The summed E-state index contributed by atoms with van der Waals surface area (Å²) in [4.78, 5) is 4.47. The van der Waals surface area contributed by atoms with Gasteiger partial charge in [0.2, 0.25) is 0 Å². The molecule has 3 aromatic carbocycles. The minimum atomic E-state index is 0.801. The molecular weight excluding hydrogens is 506 g/mol. The lowest BCUT2D eigenvalue weighted by Crippen LogP contribution is -2.30. The molecule has 0 unspecified atom stereocenters. The van der Waals surface area contributed by atoms with Gasteiger partial charge in [0, 0.05) is 27.7 Å². The Morgan fingerprint density at radius 1 is 0.895 bits per heavy atom. The molecule has 196 valence electrons. The van der Waals surface area contributed by atoms with Crippen LogP contribution in [0.5, 0.6) is 0 Å². The lowest BCUT2D eigenvalue weighted by molar-refractivity contribution is 1.09. The second-order valence-corrected chi connectivity index (χ2v) is 8.97. The molecule has 1 heterocycles. The van der Waals surface area contributed by atoms with Crippen molar-refractivity contribution in [2.45, 2.75) is 34.6 Å². The van der Waals surface area contributed by atoms with Gasteiger partial charge in [-0.25, -0.2) is 5.84 Å². The van der Waals surface area contributed by atoms with Crippen LogP contribution in [0.3, 0.4) is 0 Å². The van der Waals surface area contributed by atoms with Crippen LogP contribution in [0.4, 0.5) is 5.69 Å². The van der Waals surface area contributed by atoms with Crippen LogP contribution in [0, 0.1) is 13.8 Å². The van der Waals surface area contributed by atoms with Crippen LogP contribution in [0.25, 0.3) is 11.3 Å². The summed E-state index contributed by atoms with van der Waals surface area (Å²) < 4.78 is 0. The normalized spacial score (nSPS) is 10.3. The molecule has 2 N–H and O–H groups in total. The van der Waals surface area contributed by atoms with Crippen LogP contribution < -0.4 is 10.9 Å². The predicted octanol–water partition coefficient (Wildman–Crippen LogP) is 9.22. The highest BCUT2D eigenvalue weighted by Gasteiger charge is 2.14. The van der Waals surface area contributed by atoms with E-state index in [1.165, 1.54) is 5.56 Å². The zero-order valence-electron chi connectivity index (χ0n) is 22.8. The molecule has 4 aromatic rings. The van der Waals surface area contributed by atoms with Crippen molar-refractivity contribution in [1.82, 2.24) is 4.98 Å². The van der Waals surface area contributed by atoms with Crippen LogP contribution >= 0.6 is 23.8 Å². The van der Waals surface area contributed by atoms with E-state index in [1.54, 1.807) is 10.4 Å². The molecule has 4 rings (SSSR count). The highest BCUT2D eigenvalue weighted by Crippen LogP contribution is 2.29. The SMILES string of the molecule is C=C(c1ccc(N(N)/C(=C\C)c2ccccc2)c(C=S)c1)c1ccc(C)cn1.CC.Cc1ccc(Cl)cc1. The van der Waals surface area contributed by atoms with E-state index in [2.05, 4.69) is 11.6 Å². The molecule has 0 saturated carbocycles. The van der Waals surface area contributed by atoms with E-state index in [1.807, 2.05) is 132 Å². The number of rotatable bonds is 6. The number of nitrogens with zero attached hydrogens (tertiary/aromatic N) is 2. The van der Waals surface area contributed by atoms with Crippen molar-refractivity contribution < 1.29 is 0 Å². The Labute approximate surface area is 238 Å². The second kappa shape index (κ2) is 15.6. The number of hydrazine groups is 1. The van der Waals surface area contributed by atoms with E-state index >= 15 is 0 Å². The van der Waals surface area contributed by atoms with Gasteiger partial charge in [-0.3, -0.25) is 9.99 Å². The molecule has 0 saturated heterocycles. The van der Waals surface area contributed by atoms with Gasteiger partial charge in [-0.2, -0.15) is 0 Å². The molecule has 0 aliphatic rings. The zero-order valence-corrected chi connectivity index (χ0v) is 24.4. The topological polar surface area (TPSA) is 42.1 Å². The van der Waals surface area contributed by atoms with Gasteiger partial charge >= 0.3 is 0 Å². The smallest absolute Gasteiger partial charge is 0.0702 e. The average molecular weight is 542 g/mol. The Kier molecular flexibility index (Phi) is 12.6. The van der Waals surface area contributed by atoms with E-state index in [4.69, 9.17) is 29.7 Å². The first kappa shape index (κ1) is 30.7. The number of hydrogen-bond donors (Lipinski definition) is 1. The zero-order chi connectivity index (χ0) is 28.1. The highest BCUT2D eigenvalue weighted by atomic mass is 35.5. The first-order valence-electron chi connectivity index (χ1n) is 12.5. The Hall–Kier alpha value is -3.57. The van der Waals surface area contributed by atoms with Gasteiger partial charge in [0.25, 0.3) is 0 Å². The van der Waals surface area contributed by atoms with Crippen LogP contribution in [0.2, 0.25) is 5.02 Å². The third-order valence-corrected chi connectivity index (χ3v) is 6.10. The standard InChI is InChI=1S/C24H23N3S.C7H7Cl.C2H6/c1-4-23(19-8-6-5-7-9-19)27(25)24-13-11-20(14-21(24)16-28)18(3)22-12-10-17(2)15-26-22;1-6-2-4-7(8)5-3-6;1-2/h4-16H,3,25H2,1-2H3;2-5H,1H3;1-2H3/b23-4-;;. The van der Waals surface area contributed by atoms with Crippen molar-refractivity contribution in [2.24, 2.45) is 5.84 Å². The first-order valence-corrected chi connectivity index (χ1v) is 13.4. The van der Waals surface area contributed by atoms with E-state index in [-0.39, 0.29) is 0 Å². The minimum absolute atomic E-state index is 0.801. The summed E-state index contributed by atoms with van der Waals surface area (Å²) in [6.07, 6.45) is 3.83. The molecule has 0 amide bonds. The largest absolute Gasteiger partial charge is 0.279 e. The Bertz CT molecular complexity index is 1320. The van der Waals surface area contributed by atoms with Crippen molar-refractivity contribution in [3.8, 4) is 0 Å². The summed E-state index contributed by atoms with van der Waals surface area (Å²) in [6, 6.07) is 27.8. The summed E-state index contributed by atoms with van der Waals surface area (Å²) >= 11 is 10.9. The number of aryl methyl sites for hydroxylation is 2. The third kappa shape index (κ3) is 8.49. The van der Waals surface area contributed by atoms with Gasteiger partial charge in [0.1, 0.15) is 0 Å². The molecule has 0 aliphatic heterocycles. The van der Waals surface area contributed by atoms with Crippen molar-refractivity contribution in [2.75, 3.05) is 5.01 Å². The molecule has 0 atom stereocenters. The van der Waals surface area contributed by atoms with E-state index in [0.717, 1.165) is 49.9 Å². The maximum absolute atomic E-state index is 6.48. The number of thiocarbonyl (C=S) groups is 1. The molecular formula is C33H36ClN3S. The van der Waals surface area contributed by atoms with E-state index in [9.17, 15) is 0 Å². The number of aromatic nitrogens is 1. The van der Waals surface area contributed by atoms with E-state index in [0.29, 0.717) is 0 Å². The highest BCUT2D eigenvalue weighted by molar-refractivity contribution is 7.79. The molecule has 0 radical (unpaired) electrons. The molecule has 3 nitrogen and oxygen atoms in total. The number of nitrogens with two attached hydrogens (primary N) is 1. The molecule has 0 bridgehead atoms. The van der Waals surface area contributed by atoms with Crippen LogP contribution in [-0.4, -0.2) is 10.4 Å². The number of benzene rings is 3. The Morgan fingerprint density at radius 2 is 1.53 bits per heavy atom. The fourth-order valence-corrected chi connectivity index (χ4v) is 3.88. The average Bonchev–Trinajstić information content (AvgIpc) is 2.96. The molecule has 0 spiro atoms. The lowest BCUT2D eigenvalue weighted by Gasteiger charge is -2.24. The summed E-state index contributed by atoms with van der Waals surface area (Å²) in [5.74, 6) is 6.48. The predicted molar refractivity (Wildman–Crippen MR) is 171 cm³/mol. The van der Waals surface area contributed by atoms with Crippen LogP contribution in [0.1, 0.15) is 54.3 Å². The fraction of sp³-hybridized carbons (Fsp3) is 0.152. The summed E-state index contributed by atoms with van der Waals surface area (Å²) in [6.45, 7) is 14.2. The maximum Gasteiger partial charge on any atom is 0.0702 e. The summed E-state index contributed by atoms with van der Waals surface area (Å²) in [5.41, 5.74) is 8.66. The van der Waals surface area contributed by atoms with Crippen molar-refractivity contribution in [3.05, 3.63) is 142 Å². The number of hydrogen-bond acceptors (Lipinski definition) is 4. The molecule has 38 heavy (non-hydrogen) atoms. The number of anilines is 1.